The van der Waals surface area contributed by atoms with E-state index in [4.69, 9.17) is 4.74 Å². The fourth-order valence-corrected chi connectivity index (χ4v) is 1.73. The van der Waals surface area contributed by atoms with Gasteiger partial charge in [0.1, 0.15) is 6.33 Å². The van der Waals surface area contributed by atoms with E-state index in [0.29, 0.717) is 19.7 Å². The van der Waals surface area contributed by atoms with Crippen LogP contribution in [0.4, 0.5) is 17.3 Å². The molecule has 118 valence electrons. The zero-order valence-corrected chi connectivity index (χ0v) is 12.8. The molecule has 1 heterocycles. The molecule has 0 atom stereocenters. The van der Waals surface area contributed by atoms with Crippen molar-refractivity contribution >= 4 is 17.3 Å². The first-order chi connectivity index (χ1) is 10.1. The van der Waals surface area contributed by atoms with Gasteiger partial charge in [0, 0.05) is 19.7 Å². The van der Waals surface area contributed by atoms with Crippen LogP contribution in [0.1, 0.15) is 33.6 Å². The third kappa shape index (κ3) is 5.90. The van der Waals surface area contributed by atoms with Crippen LogP contribution in [0.25, 0.3) is 0 Å². The molecule has 0 aliphatic rings. The maximum Gasteiger partial charge on any atom is 0.353 e. The smallest absolute Gasteiger partial charge is 0.353 e. The number of nitro groups is 1. The van der Waals surface area contributed by atoms with E-state index < -0.39 is 4.92 Å². The summed E-state index contributed by atoms with van der Waals surface area (Å²) >= 11 is 0. The van der Waals surface area contributed by atoms with Gasteiger partial charge in [0.2, 0.25) is 11.6 Å². The van der Waals surface area contributed by atoms with Crippen LogP contribution in [0, 0.1) is 10.1 Å². The van der Waals surface area contributed by atoms with Crippen LogP contribution in [-0.2, 0) is 4.74 Å². The quantitative estimate of drug-likeness (QED) is 0.388. The van der Waals surface area contributed by atoms with Crippen molar-refractivity contribution < 1.29 is 9.66 Å². The lowest BCUT2D eigenvalue weighted by atomic mass is 10.3. The molecule has 0 saturated carbocycles. The molecule has 0 aliphatic heterocycles. The topological polar surface area (TPSA) is 102 Å². The monoisotopic (exact) mass is 297 g/mol. The Balaban J connectivity index is 2.54. The lowest BCUT2D eigenvalue weighted by Gasteiger charge is -2.10. The Bertz CT molecular complexity index is 453. The predicted molar refractivity (Wildman–Crippen MR) is 81.7 cm³/mol. The molecule has 8 nitrogen and oxygen atoms in total. The van der Waals surface area contributed by atoms with Crippen LogP contribution < -0.4 is 10.6 Å². The van der Waals surface area contributed by atoms with E-state index in [9.17, 15) is 10.1 Å². The van der Waals surface area contributed by atoms with E-state index in [-0.39, 0.29) is 23.4 Å². The normalized spacial score (nSPS) is 10.7. The first-order valence-corrected chi connectivity index (χ1v) is 7.15. The van der Waals surface area contributed by atoms with Crippen LogP contribution >= 0.6 is 0 Å². The molecule has 1 rings (SSSR count). The molecular formula is C13H23N5O3. The second kappa shape index (κ2) is 9.06. The average Bonchev–Trinajstić information content (AvgIpc) is 2.42. The van der Waals surface area contributed by atoms with Crippen molar-refractivity contribution in [3.8, 4) is 0 Å². The van der Waals surface area contributed by atoms with E-state index in [1.807, 2.05) is 20.8 Å². The summed E-state index contributed by atoms with van der Waals surface area (Å²) in [6.07, 6.45) is 3.28. The molecular weight excluding hydrogens is 274 g/mol. The average molecular weight is 297 g/mol. The van der Waals surface area contributed by atoms with Crippen LogP contribution in [0.15, 0.2) is 6.33 Å². The summed E-state index contributed by atoms with van der Waals surface area (Å²) in [7, 11) is 0. The highest BCUT2D eigenvalue weighted by molar-refractivity contribution is 5.69. The van der Waals surface area contributed by atoms with Gasteiger partial charge in [0.05, 0.1) is 11.0 Å². The first-order valence-electron chi connectivity index (χ1n) is 7.15. The van der Waals surface area contributed by atoms with Crippen LogP contribution in [-0.4, -0.2) is 40.7 Å². The molecule has 21 heavy (non-hydrogen) atoms. The highest BCUT2D eigenvalue weighted by Gasteiger charge is 2.21. The third-order valence-electron chi connectivity index (χ3n) is 2.66. The summed E-state index contributed by atoms with van der Waals surface area (Å²) in [5.74, 6) is 0.485. The molecule has 0 fully saturated rings. The van der Waals surface area contributed by atoms with Crippen LogP contribution in [0.5, 0.6) is 0 Å². The fraction of sp³-hybridized carbons (Fsp3) is 0.692. The van der Waals surface area contributed by atoms with E-state index in [1.54, 1.807) is 0 Å². The van der Waals surface area contributed by atoms with Crippen LogP contribution in [0.3, 0.4) is 0 Å². The van der Waals surface area contributed by atoms with Gasteiger partial charge in [-0.3, -0.25) is 10.1 Å². The number of unbranched alkanes of at least 4 members (excludes halogenated alkanes) is 1. The highest BCUT2D eigenvalue weighted by Crippen LogP contribution is 2.28. The molecule has 2 N–H and O–H groups in total. The maximum absolute atomic E-state index is 11.2. The summed E-state index contributed by atoms with van der Waals surface area (Å²) in [6.45, 7) is 7.69. The number of hydrogen-bond donors (Lipinski definition) is 2. The summed E-state index contributed by atoms with van der Waals surface area (Å²) in [5, 5.41) is 17.0. The molecule has 0 amide bonds. The summed E-state index contributed by atoms with van der Waals surface area (Å²) in [5.41, 5.74) is -0.113. The molecule has 0 aliphatic carbocycles. The Morgan fingerprint density at radius 3 is 2.52 bits per heavy atom. The van der Waals surface area contributed by atoms with Gasteiger partial charge in [-0.25, -0.2) is 9.97 Å². The number of ether oxygens (including phenoxy) is 1. The molecule has 0 radical (unpaired) electrons. The predicted octanol–water partition coefficient (Wildman–Crippen LogP) is 2.43. The number of aromatic nitrogens is 2. The van der Waals surface area contributed by atoms with Crippen molar-refractivity contribution in [1.29, 1.82) is 0 Å². The Hall–Kier alpha value is -1.96. The number of hydrogen-bond acceptors (Lipinski definition) is 7. The largest absolute Gasteiger partial charge is 0.379 e. The van der Waals surface area contributed by atoms with E-state index in [0.717, 1.165) is 12.8 Å². The van der Waals surface area contributed by atoms with Gasteiger partial charge < -0.3 is 15.4 Å². The van der Waals surface area contributed by atoms with Gasteiger partial charge in [-0.2, -0.15) is 0 Å². The minimum absolute atomic E-state index is 0.113. The van der Waals surface area contributed by atoms with Gasteiger partial charge in [0.25, 0.3) is 0 Å². The Morgan fingerprint density at radius 2 is 1.95 bits per heavy atom. The molecule has 0 bridgehead atoms. The number of rotatable bonds is 10. The van der Waals surface area contributed by atoms with Crippen molar-refractivity contribution in [1.82, 2.24) is 9.97 Å². The lowest BCUT2D eigenvalue weighted by molar-refractivity contribution is -0.383. The standard InChI is InChI=1S/C13H23N5O3/c1-4-14-12-11(18(19)20)13(17-9-16-12)15-7-5-6-8-21-10(2)3/h9-10H,4-8H2,1-3H3,(H2,14,15,16,17). The maximum atomic E-state index is 11.2. The molecule has 0 unspecified atom stereocenters. The zero-order chi connectivity index (χ0) is 15.7. The van der Waals surface area contributed by atoms with Gasteiger partial charge in [-0.1, -0.05) is 0 Å². The van der Waals surface area contributed by atoms with E-state index >= 15 is 0 Å². The second-order valence-electron chi connectivity index (χ2n) is 4.76. The van der Waals surface area contributed by atoms with Gasteiger partial charge in [0.15, 0.2) is 0 Å². The van der Waals surface area contributed by atoms with Crippen molar-refractivity contribution in [2.45, 2.75) is 39.7 Å². The number of nitrogens with one attached hydrogen (secondary N) is 2. The Morgan fingerprint density at radius 1 is 1.29 bits per heavy atom. The lowest BCUT2D eigenvalue weighted by Crippen LogP contribution is -2.11. The van der Waals surface area contributed by atoms with Gasteiger partial charge >= 0.3 is 5.69 Å². The van der Waals surface area contributed by atoms with Crippen molar-refractivity contribution in [3.63, 3.8) is 0 Å². The van der Waals surface area contributed by atoms with Crippen molar-refractivity contribution in [2.24, 2.45) is 0 Å². The van der Waals surface area contributed by atoms with E-state index in [2.05, 4.69) is 20.6 Å². The Kier molecular flexibility index (Phi) is 7.38. The molecule has 0 saturated heterocycles. The second-order valence-corrected chi connectivity index (χ2v) is 4.76. The number of nitrogens with zero attached hydrogens (tertiary/aromatic N) is 3. The summed E-state index contributed by atoms with van der Waals surface area (Å²) < 4.78 is 5.44. The summed E-state index contributed by atoms with van der Waals surface area (Å²) in [4.78, 5) is 18.5. The number of anilines is 2. The van der Waals surface area contributed by atoms with Crippen molar-refractivity contribution in [3.05, 3.63) is 16.4 Å². The summed E-state index contributed by atoms with van der Waals surface area (Å²) in [6, 6.07) is 0. The zero-order valence-electron chi connectivity index (χ0n) is 12.8. The minimum Gasteiger partial charge on any atom is -0.379 e. The fourth-order valence-electron chi connectivity index (χ4n) is 1.73. The minimum atomic E-state index is -0.470. The van der Waals surface area contributed by atoms with Gasteiger partial charge in [-0.15, -0.1) is 0 Å². The first kappa shape index (κ1) is 17.1. The van der Waals surface area contributed by atoms with Crippen molar-refractivity contribution in [2.75, 3.05) is 30.3 Å². The molecule has 1 aromatic rings. The van der Waals surface area contributed by atoms with Gasteiger partial charge in [-0.05, 0) is 33.6 Å². The van der Waals surface area contributed by atoms with Crippen LogP contribution in [0.2, 0.25) is 0 Å². The molecule has 8 heteroatoms. The third-order valence-corrected chi connectivity index (χ3v) is 2.66. The SMILES string of the molecule is CCNc1ncnc(NCCCCOC(C)C)c1[N+](=O)[O-]. The molecule has 0 aromatic carbocycles. The van der Waals surface area contributed by atoms with E-state index in [1.165, 1.54) is 6.33 Å². The Labute approximate surface area is 124 Å². The molecule has 1 aromatic heterocycles. The molecule has 0 spiro atoms. The highest BCUT2D eigenvalue weighted by atomic mass is 16.6.